The number of hydrogen-bond acceptors (Lipinski definition) is 3. The number of rotatable bonds is 4. The predicted molar refractivity (Wildman–Crippen MR) is 109 cm³/mol. The van der Waals surface area contributed by atoms with Crippen molar-refractivity contribution in [2.45, 2.75) is 13.3 Å². The van der Waals surface area contributed by atoms with E-state index in [2.05, 4.69) is 20.6 Å². The van der Waals surface area contributed by atoms with E-state index in [-0.39, 0.29) is 11.9 Å². The molecule has 4 rings (SSSR count). The third-order valence-electron chi connectivity index (χ3n) is 4.47. The molecule has 0 radical (unpaired) electrons. The summed E-state index contributed by atoms with van der Waals surface area (Å²) in [5, 5.41) is 5.53. The molecule has 1 aromatic carbocycles. The Balaban J connectivity index is 1.65. The lowest BCUT2D eigenvalue weighted by atomic mass is 10.0. The number of hydrogen-bond donors (Lipinski definition) is 2. The summed E-state index contributed by atoms with van der Waals surface area (Å²) < 4.78 is 1.98. The van der Waals surface area contributed by atoms with E-state index in [0.29, 0.717) is 18.7 Å². The zero-order valence-corrected chi connectivity index (χ0v) is 15.3. The number of fused-ring (bicyclic) bond motifs is 1. The molecule has 0 fully saturated rings. The third-order valence-corrected chi connectivity index (χ3v) is 4.47. The molecular weight excluding hydrogens is 354 g/mol. The van der Waals surface area contributed by atoms with Crippen LogP contribution < -0.4 is 10.6 Å². The number of urea groups is 1. The Morgan fingerprint density at radius 3 is 2.93 bits per heavy atom. The minimum atomic E-state index is -0.235. The Morgan fingerprint density at radius 2 is 2.11 bits per heavy atom. The van der Waals surface area contributed by atoms with E-state index in [9.17, 15) is 9.59 Å². The normalized spacial score (nSPS) is 13.5. The number of imidazole rings is 1. The van der Waals surface area contributed by atoms with Crippen molar-refractivity contribution >= 4 is 35.1 Å². The Labute approximate surface area is 161 Å². The SMILES string of the molecule is CCNC(=O)Nc1cccc(-c2cnc3cc(C4=CC=NC(=O)C4)ccn23)c1. The van der Waals surface area contributed by atoms with Gasteiger partial charge in [0, 0.05) is 30.2 Å². The number of nitrogens with zero attached hydrogens (tertiary/aromatic N) is 3. The molecule has 0 saturated heterocycles. The lowest BCUT2D eigenvalue weighted by Gasteiger charge is -2.10. The second-order valence-corrected chi connectivity index (χ2v) is 6.39. The van der Waals surface area contributed by atoms with E-state index >= 15 is 0 Å². The van der Waals surface area contributed by atoms with Crippen LogP contribution >= 0.6 is 0 Å². The predicted octanol–water partition coefficient (Wildman–Crippen LogP) is 3.53. The number of anilines is 1. The van der Waals surface area contributed by atoms with Crippen molar-refractivity contribution in [1.82, 2.24) is 14.7 Å². The molecule has 2 N–H and O–H groups in total. The van der Waals surface area contributed by atoms with E-state index in [1.807, 2.05) is 60.0 Å². The van der Waals surface area contributed by atoms with Gasteiger partial charge in [0.2, 0.25) is 5.91 Å². The first kappa shape index (κ1) is 17.7. The molecule has 3 amide bonds. The number of carbonyl (C=O) groups is 2. The summed E-state index contributed by atoms with van der Waals surface area (Å²) in [4.78, 5) is 31.6. The summed E-state index contributed by atoms with van der Waals surface area (Å²) in [5.74, 6) is -0.141. The minimum absolute atomic E-state index is 0.141. The van der Waals surface area contributed by atoms with Crippen LogP contribution in [-0.2, 0) is 4.79 Å². The number of amides is 3. The number of aliphatic imine (C=N–C) groups is 1. The first-order chi connectivity index (χ1) is 13.6. The summed E-state index contributed by atoms with van der Waals surface area (Å²) in [5.41, 5.74) is 5.23. The molecule has 0 aliphatic carbocycles. The van der Waals surface area contributed by atoms with Crippen LogP contribution in [0.25, 0.3) is 22.5 Å². The molecule has 2 aromatic heterocycles. The monoisotopic (exact) mass is 373 g/mol. The Kier molecular flexibility index (Phi) is 4.72. The molecule has 7 nitrogen and oxygen atoms in total. The second kappa shape index (κ2) is 7.48. The molecule has 28 heavy (non-hydrogen) atoms. The first-order valence-corrected chi connectivity index (χ1v) is 9.03. The van der Waals surface area contributed by atoms with Crippen molar-refractivity contribution in [3.05, 3.63) is 60.4 Å². The fourth-order valence-corrected chi connectivity index (χ4v) is 3.16. The maximum Gasteiger partial charge on any atom is 0.319 e. The van der Waals surface area contributed by atoms with Crippen LogP contribution in [0.15, 0.2) is 59.9 Å². The molecule has 1 aliphatic rings. The molecule has 0 bridgehead atoms. The molecule has 7 heteroatoms. The van der Waals surface area contributed by atoms with Gasteiger partial charge in [0.15, 0.2) is 0 Å². The average Bonchev–Trinajstić information content (AvgIpc) is 3.11. The van der Waals surface area contributed by atoms with Gasteiger partial charge in [0.25, 0.3) is 0 Å². The van der Waals surface area contributed by atoms with Gasteiger partial charge in [-0.05, 0) is 48.4 Å². The topological polar surface area (TPSA) is 87.9 Å². The van der Waals surface area contributed by atoms with Gasteiger partial charge in [-0.15, -0.1) is 0 Å². The number of dihydropyridines is 1. The van der Waals surface area contributed by atoms with Gasteiger partial charge in [0.05, 0.1) is 18.3 Å². The molecule has 0 unspecified atom stereocenters. The quantitative estimate of drug-likeness (QED) is 0.733. The van der Waals surface area contributed by atoms with Gasteiger partial charge in [-0.3, -0.25) is 9.20 Å². The van der Waals surface area contributed by atoms with Crippen LogP contribution in [0.5, 0.6) is 0 Å². The van der Waals surface area contributed by atoms with Crippen LogP contribution in [0.3, 0.4) is 0 Å². The molecule has 0 spiro atoms. The van der Waals surface area contributed by atoms with E-state index in [1.54, 1.807) is 6.20 Å². The van der Waals surface area contributed by atoms with Crippen molar-refractivity contribution in [2.75, 3.05) is 11.9 Å². The van der Waals surface area contributed by atoms with Gasteiger partial charge in [0.1, 0.15) is 5.65 Å². The maximum absolute atomic E-state index is 11.8. The fourth-order valence-electron chi connectivity index (χ4n) is 3.16. The molecule has 0 atom stereocenters. The summed E-state index contributed by atoms with van der Waals surface area (Å²) in [6, 6.07) is 11.3. The molecule has 3 heterocycles. The summed E-state index contributed by atoms with van der Waals surface area (Å²) in [6.45, 7) is 2.43. The van der Waals surface area contributed by atoms with Gasteiger partial charge >= 0.3 is 6.03 Å². The van der Waals surface area contributed by atoms with E-state index in [4.69, 9.17) is 0 Å². The molecular formula is C21H19N5O2. The molecule has 0 saturated carbocycles. The molecule has 3 aromatic rings. The largest absolute Gasteiger partial charge is 0.338 e. The minimum Gasteiger partial charge on any atom is -0.338 e. The first-order valence-electron chi connectivity index (χ1n) is 9.03. The number of nitrogens with one attached hydrogen (secondary N) is 2. The highest BCUT2D eigenvalue weighted by Gasteiger charge is 2.13. The highest BCUT2D eigenvalue weighted by atomic mass is 16.2. The average molecular weight is 373 g/mol. The van der Waals surface area contributed by atoms with Crippen molar-refractivity contribution < 1.29 is 9.59 Å². The standard InChI is InChI=1S/C21H19N5O2/c1-2-22-21(28)25-17-5-3-4-16(10-17)18-13-24-19-11-15(7-9-26(18)19)14-6-8-23-20(27)12-14/h3-11,13H,2,12H2,1H3,(H2,22,25,28). The Hall–Kier alpha value is -3.74. The smallest absolute Gasteiger partial charge is 0.319 e. The van der Waals surface area contributed by atoms with E-state index in [1.165, 1.54) is 6.21 Å². The van der Waals surface area contributed by atoms with Gasteiger partial charge in [-0.25, -0.2) is 14.8 Å². The third kappa shape index (κ3) is 3.55. The van der Waals surface area contributed by atoms with Crippen molar-refractivity contribution in [1.29, 1.82) is 0 Å². The van der Waals surface area contributed by atoms with E-state index in [0.717, 1.165) is 28.0 Å². The highest BCUT2D eigenvalue weighted by molar-refractivity contribution is 6.03. The Bertz CT molecular complexity index is 1130. The van der Waals surface area contributed by atoms with Crippen LogP contribution in [0.4, 0.5) is 10.5 Å². The van der Waals surface area contributed by atoms with Crippen LogP contribution in [0.2, 0.25) is 0 Å². The lowest BCUT2D eigenvalue weighted by molar-refractivity contribution is -0.116. The maximum atomic E-state index is 11.8. The summed E-state index contributed by atoms with van der Waals surface area (Å²) in [7, 11) is 0. The second-order valence-electron chi connectivity index (χ2n) is 6.39. The van der Waals surface area contributed by atoms with Gasteiger partial charge in [-0.2, -0.15) is 0 Å². The van der Waals surface area contributed by atoms with Crippen molar-refractivity contribution in [3.8, 4) is 11.3 Å². The van der Waals surface area contributed by atoms with Crippen LogP contribution in [-0.4, -0.2) is 34.1 Å². The van der Waals surface area contributed by atoms with Crippen LogP contribution in [0.1, 0.15) is 18.9 Å². The fraction of sp³-hybridized carbons (Fsp3) is 0.143. The number of pyridine rings is 1. The number of benzene rings is 1. The molecule has 1 aliphatic heterocycles. The summed E-state index contributed by atoms with van der Waals surface area (Å²) >= 11 is 0. The van der Waals surface area contributed by atoms with Gasteiger partial charge in [-0.1, -0.05) is 12.1 Å². The lowest BCUT2D eigenvalue weighted by Crippen LogP contribution is -2.28. The Morgan fingerprint density at radius 1 is 1.21 bits per heavy atom. The van der Waals surface area contributed by atoms with Crippen molar-refractivity contribution in [3.63, 3.8) is 0 Å². The zero-order chi connectivity index (χ0) is 19.5. The zero-order valence-electron chi connectivity index (χ0n) is 15.3. The van der Waals surface area contributed by atoms with Crippen LogP contribution in [0, 0.1) is 0 Å². The number of aromatic nitrogens is 2. The highest BCUT2D eigenvalue weighted by Crippen LogP contribution is 2.27. The van der Waals surface area contributed by atoms with E-state index < -0.39 is 0 Å². The van der Waals surface area contributed by atoms with Gasteiger partial charge < -0.3 is 10.6 Å². The number of allylic oxidation sites excluding steroid dienone is 1. The van der Waals surface area contributed by atoms with Crippen molar-refractivity contribution in [2.24, 2.45) is 4.99 Å². The summed E-state index contributed by atoms with van der Waals surface area (Å²) in [6.07, 6.45) is 7.43. The molecule has 140 valence electrons. The number of carbonyl (C=O) groups excluding carboxylic acids is 2.